The van der Waals surface area contributed by atoms with Crippen LogP contribution in [-0.4, -0.2) is 33.7 Å². The highest BCUT2D eigenvalue weighted by atomic mass is 31.2. The van der Waals surface area contributed by atoms with Gasteiger partial charge in [0, 0.05) is 13.0 Å². The largest absolute Gasteiger partial charge is 0.407 e. The SMILES string of the molecule is CCOP(=O)(OCC)C(=O)CCCCCCCCCO[Si](c1ccccc1)(c1ccccc1)C(C)(C)C. The topological polar surface area (TPSA) is 61.8 Å². The Hall–Kier alpha value is -1.56. The van der Waals surface area contributed by atoms with Crippen molar-refractivity contribution < 1.29 is 22.8 Å². The molecule has 2 aromatic rings. The minimum absolute atomic E-state index is 0.00143. The first-order chi connectivity index (χ1) is 17.7. The zero-order valence-electron chi connectivity index (χ0n) is 23.5. The van der Waals surface area contributed by atoms with Gasteiger partial charge in [-0.05, 0) is 42.1 Å². The van der Waals surface area contributed by atoms with Crippen molar-refractivity contribution in [1.82, 2.24) is 0 Å². The number of hydrogen-bond donors (Lipinski definition) is 0. The lowest BCUT2D eigenvalue weighted by Gasteiger charge is -2.43. The van der Waals surface area contributed by atoms with Gasteiger partial charge in [-0.2, -0.15) is 0 Å². The van der Waals surface area contributed by atoms with Crippen molar-refractivity contribution in [2.24, 2.45) is 0 Å². The third kappa shape index (κ3) is 9.00. The summed E-state index contributed by atoms with van der Waals surface area (Å²) in [5.41, 5.74) is -0.392. The summed E-state index contributed by atoms with van der Waals surface area (Å²) in [7, 11) is -6.05. The van der Waals surface area contributed by atoms with Crippen molar-refractivity contribution in [3.63, 3.8) is 0 Å². The number of benzene rings is 2. The van der Waals surface area contributed by atoms with Gasteiger partial charge >= 0.3 is 7.60 Å². The second-order valence-corrected chi connectivity index (χ2v) is 16.8. The first-order valence-electron chi connectivity index (χ1n) is 13.9. The standard InChI is InChI=1S/C30H47O5PSi/c1-6-33-36(32,34-7-2)29(31)25-19-11-9-8-10-12-20-26-35-37(30(3,4)5,27-21-15-13-16-22-27)28-23-17-14-18-24-28/h13-18,21-24H,6-12,19-20,25-26H2,1-5H3. The number of carbonyl (C=O) groups is 1. The molecule has 7 heteroatoms. The maximum Gasteiger partial charge on any atom is 0.396 e. The van der Waals surface area contributed by atoms with E-state index in [0.717, 1.165) is 51.6 Å². The molecular formula is C30H47O5PSi. The molecule has 0 aliphatic rings. The van der Waals surface area contributed by atoms with Crippen LogP contribution in [0.4, 0.5) is 0 Å². The van der Waals surface area contributed by atoms with Crippen LogP contribution in [0.5, 0.6) is 0 Å². The van der Waals surface area contributed by atoms with E-state index in [2.05, 4.69) is 81.4 Å². The molecule has 0 saturated carbocycles. The molecule has 0 heterocycles. The second-order valence-electron chi connectivity index (χ2n) is 10.5. The molecule has 0 unspecified atom stereocenters. The van der Waals surface area contributed by atoms with E-state index in [1.807, 2.05) is 0 Å². The van der Waals surface area contributed by atoms with Gasteiger partial charge in [-0.25, -0.2) is 0 Å². The Morgan fingerprint density at radius 3 is 1.59 bits per heavy atom. The van der Waals surface area contributed by atoms with E-state index in [4.69, 9.17) is 13.5 Å². The molecule has 0 aromatic heterocycles. The van der Waals surface area contributed by atoms with Crippen molar-refractivity contribution in [1.29, 1.82) is 0 Å². The van der Waals surface area contributed by atoms with Crippen LogP contribution >= 0.6 is 7.60 Å². The van der Waals surface area contributed by atoms with Crippen LogP contribution in [0.2, 0.25) is 5.04 Å². The highest BCUT2D eigenvalue weighted by Gasteiger charge is 2.49. The Kier molecular flexibility index (Phi) is 13.5. The Morgan fingerprint density at radius 2 is 1.16 bits per heavy atom. The van der Waals surface area contributed by atoms with Gasteiger partial charge in [0.15, 0.2) is 0 Å². The Labute approximate surface area is 226 Å². The van der Waals surface area contributed by atoms with E-state index < -0.39 is 21.4 Å². The molecule has 0 aliphatic carbocycles. The Morgan fingerprint density at radius 1 is 0.730 bits per heavy atom. The summed E-state index contributed by atoms with van der Waals surface area (Å²) in [5, 5.41) is 2.64. The number of rotatable bonds is 18. The molecule has 0 aliphatic heterocycles. The lowest BCUT2D eigenvalue weighted by Crippen LogP contribution is -2.66. The Balaban J connectivity index is 1.80. The van der Waals surface area contributed by atoms with Gasteiger partial charge in [0.2, 0.25) is 5.52 Å². The number of carbonyl (C=O) groups excluding carboxylic acids is 1. The predicted octanol–water partition coefficient (Wildman–Crippen LogP) is 7.48. The van der Waals surface area contributed by atoms with Crippen molar-refractivity contribution in [2.45, 2.75) is 91.0 Å². The minimum Gasteiger partial charge on any atom is -0.407 e. The average molecular weight is 547 g/mol. The second kappa shape index (κ2) is 15.8. The zero-order chi connectivity index (χ0) is 27.2. The highest BCUT2D eigenvalue weighted by molar-refractivity contribution is 7.71. The first kappa shape index (κ1) is 31.7. The molecule has 0 saturated heterocycles. The molecule has 0 fully saturated rings. The summed E-state index contributed by atoms with van der Waals surface area (Å²) in [6.07, 6.45) is 7.43. The normalized spacial score (nSPS) is 12.6. The van der Waals surface area contributed by atoms with Crippen LogP contribution in [0.15, 0.2) is 60.7 Å². The van der Waals surface area contributed by atoms with E-state index >= 15 is 0 Å². The lowest BCUT2D eigenvalue weighted by molar-refractivity contribution is -0.114. The van der Waals surface area contributed by atoms with Gasteiger partial charge in [0.1, 0.15) is 0 Å². The van der Waals surface area contributed by atoms with Crippen LogP contribution in [0.3, 0.4) is 0 Å². The molecule has 0 atom stereocenters. The molecule has 0 amide bonds. The molecule has 37 heavy (non-hydrogen) atoms. The molecule has 2 rings (SSSR count). The highest BCUT2D eigenvalue weighted by Crippen LogP contribution is 2.50. The van der Waals surface area contributed by atoms with Crippen LogP contribution in [0, 0.1) is 0 Å². The van der Waals surface area contributed by atoms with Crippen molar-refractivity contribution in [3.05, 3.63) is 60.7 Å². The predicted molar refractivity (Wildman–Crippen MR) is 156 cm³/mol. The van der Waals surface area contributed by atoms with E-state index in [1.165, 1.54) is 10.4 Å². The monoisotopic (exact) mass is 546 g/mol. The van der Waals surface area contributed by atoms with Gasteiger partial charge in [-0.1, -0.05) is 114 Å². The summed E-state index contributed by atoms with van der Waals surface area (Å²) in [5.74, 6) is 0. The average Bonchev–Trinajstić information content (AvgIpc) is 2.88. The molecule has 0 spiro atoms. The summed E-state index contributed by atoms with van der Waals surface area (Å²) in [6, 6.07) is 21.6. The molecule has 206 valence electrons. The van der Waals surface area contributed by atoms with Gasteiger partial charge < -0.3 is 13.5 Å². The smallest absolute Gasteiger partial charge is 0.396 e. The molecule has 5 nitrogen and oxygen atoms in total. The fourth-order valence-electron chi connectivity index (χ4n) is 4.91. The maximum absolute atomic E-state index is 12.5. The number of unbranched alkanes of at least 4 members (excludes halogenated alkanes) is 6. The molecule has 0 radical (unpaired) electrons. The van der Waals surface area contributed by atoms with E-state index in [9.17, 15) is 9.36 Å². The van der Waals surface area contributed by atoms with Gasteiger partial charge in [-0.3, -0.25) is 9.36 Å². The molecule has 0 bridgehead atoms. The molecule has 0 N–H and O–H groups in total. The fourth-order valence-corrected chi connectivity index (χ4v) is 11.0. The van der Waals surface area contributed by atoms with Gasteiger partial charge in [0.25, 0.3) is 8.32 Å². The summed E-state index contributed by atoms with van der Waals surface area (Å²) < 4.78 is 29.7. The van der Waals surface area contributed by atoms with Crippen LogP contribution < -0.4 is 10.4 Å². The van der Waals surface area contributed by atoms with Crippen molar-refractivity contribution >= 4 is 31.8 Å². The van der Waals surface area contributed by atoms with Crippen molar-refractivity contribution in [2.75, 3.05) is 19.8 Å². The quantitative estimate of drug-likeness (QED) is 0.110. The zero-order valence-corrected chi connectivity index (χ0v) is 25.4. The first-order valence-corrected chi connectivity index (χ1v) is 17.3. The van der Waals surface area contributed by atoms with E-state index in [1.54, 1.807) is 13.8 Å². The third-order valence-corrected chi connectivity index (χ3v) is 13.7. The van der Waals surface area contributed by atoms with Crippen molar-refractivity contribution in [3.8, 4) is 0 Å². The summed E-state index contributed by atoms with van der Waals surface area (Å²) >= 11 is 0. The molecule has 2 aromatic carbocycles. The minimum atomic E-state index is -3.60. The summed E-state index contributed by atoms with van der Waals surface area (Å²) in [4.78, 5) is 12.3. The molecular weight excluding hydrogens is 499 g/mol. The number of hydrogen-bond acceptors (Lipinski definition) is 5. The van der Waals surface area contributed by atoms with Crippen LogP contribution in [-0.2, 0) is 22.8 Å². The Bertz CT molecular complexity index is 909. The van der Waals surface area contributed by atoms with Crippen LogP contribution in [0.1, 0.15) is 86.0 Å². The summed E-state index contributed by atoms with van der Waals surface area (Å²) in [6.45, 7) is 11.6. The van der Waals surface area contributed by atoms with Crippen LogP contribution in [0.25, 0.3) is 0 Å². The fraction of sp³-hybridized carbons (Fsp3) is 0.567. The van der Waals surface area contributed by atoms with E-state index in [0.29, 0.717) is 0 Å². The third-order valence-electron chi connectivity index (χ3n) is 6.67. The van der Waals surface area contributed by atoms with Gasteiger partial charge in [-0.15, -0.1) is 0 Å². The van der Waals surface area contributed by atoms with Gasteiger partial charge in [0.05, 0.1) is 13.2 Å². The lowest BCUT2D eigenvalue weighted by atomic mass is 10.1. The van der Waals surface area contributed by atoms with E-state index in [-0.39, 0.29) is 24.7 Å². The maximum atomic E-state index is 12.5.